The average Bonchev–Trinajstić information content (AvgIpc) is 3.00. The van der Waals surface area contributed by atoms with Crippen LogP contribution in [0.3, 0.4) is 0 Å². The number of pyridine rings is 1. The topological polar surface area (TPSA) is 62.7 Å². The fraction of sp³-hybridized carbons (Fsp3) is 0.348. The predicted molar refractivity (Wildman–Crippen MR) is 110 cm³/mol. The molecular formula is C23H25N3O3. The highest BCUT2D eigenvalue weighted by molar-refractivity contribution is 6.35. The maximum atomic E-state index is 13.4. The van der Waals surface area contributed by atoms with Crippen molar-refractivity contribution in [2.24, 2.45) is 5.92 Å². The Balaban J connectivity index is 1.72. The van der Waals surface area contributed by atoms with Gasteiger partial charge in [0.05, 0.1) is 19.2 Å². The lowest BCUT2D eigenvalue weighted by molar-refractivity contribution is -0.138. The maximum Gasteiger partial charge on any atom is 0.278 e. The van der Waals surface area contributed by atoms with Gasteiger partial charge < -0.3 is 9.64 Å². The van der Waals surface area contributed by atoms with Crippen LogP contribution in [-0.4, -0.2) is 46.8 Å². The van der Waals surface area contributed by atoms with Crippen molar-refractivity contribution in [3.8, 4) is 5.75 Å². The van der Waals surface area contributed by atoms with Crippen LogP contribution < -0.4 is 4.74 Å². The number of rotatable bonds is 5. The smallest absolute Gasteiger partial charge is 0.278 e. The van der Waals surface area contributed by atoms with Crippen LogP contribution in [0.2, 0.25) is 0 Å². The number of hydrogen-bond donors (Lipinski definition) is 0. The van der Waals surface area contributed by atoms with Crippen LogP contribution in [0.1, 0.15) is 30.9 Å². The number of nitrogens with zero attached hydrogens (tertiary/aromatic N) is 3. The van der Waals surface area contributed by atoms with Crippen molar-refractivity contribution >= 4 is 17.4 Å². The largest absolute Gasteiger partial charge is 0.497 e. The summed E-state index contributed by atoms with van der Waals surface area (Å²) in [4.78, 5) is 34.3. The van der Waals surface area contributed by atoms with E-state index in [2.05, 4.69) is 16.8 Å². The van der Waals surface area contributed by atoms with Crippen LogP contribution >= 0.6 is 0 Å². The molecule has 0 saturated carbocycles. The molecule has 3 heterocycles. The molecule has 29 heavy (non-hydrogen) atoms. The first-order valence-electron chi connectivity index (χ1n) is 9.97. The summed E-state index contributed by atoms with van der Waals surface area (Å²) in [6, 6.07) is 11.0. The highest BCUT2D eigenvalue weighted by Gasteiger charge is 2.42. The minimum atomic E-state index is -0.252. The third-order valence-corrected chi connectivity index (χ3v) is 5.69. The first kappa shape index (κ1) is 19.2. The fourth-order valence-electron chi connectivity index (χ4n) is 3.92. The van der Waals surface area contributed by atoms with E-state index < -0.39 is 0 Å². The molecule has 0 unspecified atom stereocenters. The third-order valence-electron chi connectivity index (χ3n) is 5.69. The minimum absolute atomic E-state index is 0.221. The van der Waals surface area contributed by atoms with Crippen molar-refractivity contribution in [1.82, 2.24) is 14.8 Å². The molecule has 2 aliphatic heterocycles. The molecule has 2 aliphatic rings. The summed E-state index contributed by atoms with van der Waals surface area (Å²) in [5, 5.41) is 0. The van der Waals surface area contributed by atoms with Crippen molar-refractivity contribution in [2.75, 3.05) is 20.2 Å². The molecule has 1 saturated heterocycles. The van der Waals surface area contributed by atoms with Crippen molar-refractivity contribution in [2.45, 2.75) is 26.3 Å². The van der Waals surface area contributed by atoms with E-state index >= 15 is 0 Å². The standard InChI is InChI=1S/C23H25N3O3/c1-16-9-12-25(13-10-16)21-20(18-5-7-19(29-2)8-6-18)22(27)26(23(21)28)15-17-4-3-11-24-14-17/h3-8,11,14,16H,9-10,12-13,15H2,1-2H3. The van der Waals surface area contributed by atoms with E-state index in [1.54, 1.807) is 19.5 Å². The summed E-state index contributed by atoms with van der Waals surface area (Å²) in [6.07, 6.45) is 5.40. The molecule has 2 amide bonds. The normalized spacial score (nSPS) is 18.0. The van der Waals surface area contributed by atoms with E-state index in [0.29, 0.717) is 22.9 Å². The molecule has 2 aromatic rings. The van der Waals surface area contributed by atoms with E-state index in [9.17, 15) is 9.59 Å². The second kappa shape index (κ2) is 8.07. The minimum Gasteiger partial charge on any atom is -0.497 e. The van der Waals surface area contributed by atoms with Crippen LogP contribution in [0.5, 0.6) is 5.75 Å². The van der Waals surface area contributed by atoms with E-state index in [1.807, 2.05) is 36.4 Å². The van der Waals surface area contributed by atoms with Crippen molar-refractivity contribution in [3.05, 3.63) is 65.6 Å². The van der Waals surface area contributed by atoms with Gasteiger partial charge in [-0.25, -0.2) is 0 Å². The van der Waals surface area contributed by atoms with Gasteiger partial charge in [-0.15, -0.1) is 0 Å². The van der Waals surface area contributed by atoms with Crippen LogP contribution in [0.25, 0.3) is 5.57 Å². The molecule has 1 aromatic heterocycles. The van der Waals surface area contributed by atoms with Gasteiger partial charge in [0.1, 0.15) is 11.4 Å². The highest BCUT2D eigenvalue weighted by Crippen LogP contribution is 2.35. The Morgan fingerprint density at radius 1 is 1.07 bits per heavy atom. The number of aromatic nitrogens is 1. The van der Waals surface area contributed by atoms with Crippen LogP contribution in [-0.2, 0) is 16.1 Å². The quantitative estimate of drug-likeness (QED) is 0.733. The molecule has 0 radical (unpaired) electrons. The molecular weight excluding hydrogens is 366 g/mol. The zero-order valence-electron chi connectivity index (χ0n) is 16.8. The number of benzene rings is 1. The molecule has 0 N–H and O–H groups in total. The number of imide groups is 1. The van der Waals surface area contributed by atoms with E-state index in [0.717, 1.165) is 37.1 Å². The number of hydrogen-bond acceptors (Lipinski definition) is 5. The van der Waals surface area contributed by atoms with E-state index in [1.165, 1.54) is 4.90 Å². The summed E-state index contributed by atoms with van der Waals surface area (Å²) in [6.45, 7) is 4.02. The molecule has 0 bridgehead atoms. The van der Waals surface area contributed by atoms with E-state index in [-0.39, 0.29) is 18.4 Å². The summed E-state index contributed by atoms with van der Waals surface area (Å²) in [5.41, 5.74) is 2.58. The summed E-state index contributed by atoms with van der Waals surface area (Å²) in [5.74, 6) is 0.874. The lowest BCUT2D eigenvalue weighted by Crippen LogP contribution is -2.38. The lowest BCUT2D eigenvalue weighted by atomic mass is 9.97. The van der Waals surface area contributed by atoms with Crippen molar-refractivity contribution < 1.29 is 14.3 Å². The summed E-state index contributed by atoms with van der Waals surface area (Å²) >= 11 is 0. The maximum absolute atomic E-state index is 13.4. The molecule has 1 fully saturated rings. The Labute approximate surface area is 170 Å². The zero-order chi connectivity index (χ0) is 20.4. The van der Waals surface area contributed by atoms with E-state index in [4.69, 9.17) is 4.74 Å². The van der Waals surface area contributed by atoms with Gasteiger partial charge in [0, 0.05) is 25.5 Å². The number of ether oxygens (including phenoxy) is 1. The van der Waals surface area contributed by atoms with Crippen LogP contribution in [0, 0.1) is 5.92 Å². The van der Waals surface area contributed by atoms with Crippen molar-refractivity contribution in [1.29, 1.82) is 0 Å². The first-order valence-corrected chi connectivity index (χ1v) is 9.97. The molecule has 1 aromatic carbocycles. The van der Waals surface area contributed by atoms with Gasteiger partial charge in [0.15, 0.2) is 0 Å². The zero-order valence-corrected chi connectivity index (χ0v) is 16.8. The first-order chi connectivity index (χ1) is 14.1. The van der Waals surface area contributed by atoms with Gasteiger partial charge in [-0.05, 0) is 48.1 Å². The number of piperidine rings is 1. The number of methoxy groups -OCH3 is 1. The molecule has 0 atom stereocenters. The third kappa shape index (κ3) is 3.75. The Morgan fingerprint density at radius 2 is 1.79 bits per heavy atom. The molecule has 0 spiro atoms. The van der Waals surface area contributed by atoms with Crippen LogP contribution in [0.15, 0.2) is 54.5 Å². The second-order valence-corrected chi connectivity index (χ2v) is 7.68. The molecule has 150 valence electrons. The Hall–Kier alpha value is -3.15. The average molecular weight is 391 g/mol. The highest BCUT2D eigenvalue weighted by atomic mass is 16.5. The lowest BCUT2D eigenvalue weighted by Gasteiger charge is -2.32. The van der Waals surface area contributed by atoms with Gasteiger partial charge in [-0.3, -0.25) is 19.5 Å². The molecule has 0 aliphatic carbocycles. The van der Waals surface area contributed by atoms with Gasteiger partial charge in [-0.1, -0.05) is 25.1 Å². The molecule has 6 heteroatoms. The Morgan fingerprint density at radius 3 is 2.41 bits per heavy atom. The monoisotopic (exact) mass is 391 g/mol. The summed E-state index contributed by atoms with van der Waals surface area (Å²) in [7, 11) is 1.61. The number of carbonyl (C=O) groups excluding carboxylic acids is 2. The second-order valence-electron chi connectivity index (χ2n) is 7.68. The van der Waals surface area contributed by atoms with Crippen LogP contribution in [0.4, 0.5) is 0 Å². The number of amides is 2. The molecule has 6 nitrogen and oxygen atoms in total. The SMILES string of the molecule is COc1ccc(C2=C(N3CCC(C)CC3)C(=O)N(Cc3cccnc3)C2=O)cc1. The Bertz CT molecular complexity index is 930. The van der Waals surface area contributed by atoms with Gasteiger partial charge in [-0.2, -0.15) is 0 Å². The van der Waals surface area contributed by atoms with Gasteiger partial charge >= 0.3 is 0 Å². The summed E-state index contributed by atoms with van der Waals surface area (Å²) < 4.78 is 5.24. The van der Waals surface area contributed by atoms with Crippen molar-refractivity contribution in [3.63, 3.8) is 0 Å². The Kier molecular flexibility index (Phi) is 5.34. The fourth-order valence-corrected chi connectivity index (χ4v) is 3.92. The van der Waals surface area contributed by atoms with Gasteiger partial charge in [0.2, 0.25) is 0 Å². The number of likely N-dealkylation sites (tertiary alicyclic amines) is 1. The molecule has 4 rings (SSSR count). The number of carbonyl (C=O) groups is 2. The van der Waals surface area contributed by atoms with Gasteiger partial charge in [0.25, 0.3) is 11.8 Å². The predicted octanol–water partition coefficient (Wildman–Crippen LogP) is 3.10.